The van der Waals surface area contributed by atoms with Crippen LogP contribution in [0.4, 0.5) is 0 Å². The van der Waals surface area contributed by atoms with Crippen LogP contribution in [-0.2, 0) is 16.0 Å². The van der Waals surface area contributed by atoms with E-state index in [1.165, 1.54) is 0 Å². The van der Waals surface area contributed by atoms with Gasteiger partial charge in [-0.1, -0.05) is 5.16 Å². The highest BCUT2D eigenvalue weighted by Gasteiger charge is 2.30. The Hall–Kier alpha value is -2.94. The van der Waals surface area contributed by atoms with Crippen LogP contribution in [0.5, 0.6) is 5.75 Å². The molecule has 9 nitrogen and oxygen atoms in total. The molecule has 9 heteroatoms. The average molecular weight is 363 g/mol. The van der Waals surface area contributed by atoms with Gasteiger partial charge < -0.3 is 24.8 Å². The Kier molecular flexibility index (Phi) is 6.29. The van der Waals surface area contributed by atoms with Gasteiger partial charge in [0.25, 0.3) is 0 Å². The summed E-state index contributed by atoms with van der Waals surface area (Å²) in [5.41, 5.74) is -1.26. The zero-order valence-electron chi connectivity index (χ0n) is 14.6. The van der Waals surface area contributed by atoms with Crippen molar-refractivity contribution in [1.29, 1.82) is 0 Å². The van der Waals surface area contributed by atoms with Crippen molar-refractivity contribution < 1.29 is 29.1 Å². The highest BCUT2D eigenvalue weighted by molar-refractivity contribution is 5.80. The van der Waals surface area contributed by atoms with Crippen molar-refractivity contribution in [2.24, 2.45) is 0 Å². The molecule has 0 aliphatic heterocycles. The highest BCUT2D eigenvalue weighted by atomic mass is 16.5. The van der Waals surface area contributed by atoms with Crippen molar-refractivity contribution in [3.63, 3.8) is 0 Å². The van der Waals surface area contributed by atoms with Crippen molar-refractivity contribution in [2.75, 3.05) is 13.2 Å². The number of nitrogens with one attached hydrogen (secondary N) is 1. The first-order valence-electron chi connectivity index (χ1n) is 8.10. The number of carboxylic acids is 1. The number of ether oxygens (including phenoxy) is 1. The molecule has 0 saturated carbocycles. The Balaban J connectivity index is 1.86. The van der Waals surface area contributed by atoms with Crippen LogP contribution < -0.4 is 10.1 Å². The SMILES string of the molecule is CCOc1ccc(-c2noc(CCC(=O)NCC(C)(O)C(=O)O)n2)cc1. The number of benzene rings is 1. The van der Waals surface area contributed by atoms with Crippen LogP contribution >= 0.6 is 0 Å². The van der Waals surface area contributed by atoms with Crippen LogP contribution in [-0.4, -0.2) is 51.0 Å². The zero-order valence-corrected chi connectivity index (χ0v) is 14.6. The molecule has 3 N–H and O–H groups in total. The molecule has 1 heterocycles. The molecular weight excluding hydrogens is 342 g/mol. The Morgan fingerprint density at radius 2 is 2.00 bits per heavy atom. The topological polar surface area (TPSA) is 135 Å². The predicted octanol–water partition coefficient (Wildman–Crippen LogP) is 1.02. The Labute approximate surface area is 150 Å². The lowest BCUT2D eigenvalue weighted by Gasteiger charge is -2.17. The predicted molar refractivity (Wildman–Crippen MR) is 90.5 cm³/mol. The van der Waals surface area contributed by atoms with E-state index in [0.29, 0.717) is 12.4 Å². The van der Waals surface area contributed by atoms with Crippen molar-refractivity contribution in [1.82, 2.24) is 15.5 Å². The van der Waals surface area contributed by atoms with E-state index < -0.39 is 17.5 Å². The lowest BCUT2D eigenvalue weighted by Crippen LogP contribution is -2.46. The molecule has 0 radical (unpaired) electrons. The molecule has 2 rings (SSSR count). The minimum absolute atomic E-state index is 0.0284. The summed E-state index contributed by atoms with van der Waals surface area (Å²) in [6.07, 6.45) is 0.228. The molecule has 2 aromatic rings. The summed E-state index contributed by atoms with van der Waals surface area (Å²) >= 11 is 0. The van der Waals surface area contributed by atoms with Gasteiger partial charge in [0, 0.05) is 18.4 Å². The number of aryl methyl sites for hydroxylation is 1. The lowest BCUT2D eigenvalue weighted by molar-refractivity contribution is -0.156. The van der Waals surface area contributed by atoms with E-state index >= 15 is 0 Å². The quantitative estimate of drug-likeness (QED) is 0.601. The number of hydrogen-bond donors (Lipinski definition) is 3. The van der Waals surface area contributed by atoms with E-state index in [2.05, 4.69) is 15.5 Å². The molecule has 0 saturated heterocycles. The van der Waals surface area contributed by atoms with Crippen LogP contribution in [0.15, 0.2) is 28.8 Å². The van der Waals surface area contributed by atoms with Gasteiger partial charge in [-0.15, -0.1) is 0 Å². The largest absolute Gasteiger partial charge is 0.494 e. The molecule has 26 heavy (non-hydrogen) atoms. The summed E-state index contributed by atoms with van der Waals surface area (Å²) < 4.78 is 10.5. The number of aliphatic carboxylic acids is 1. The van der Waals surface area contributed by atoms with Crippen LogP contribution in [0.3, 0.4) is 0 Å². The average Bonchev–Trinajstić information content (AvgIpc) is 3.08. The van der Waals surface area contributed by atoms with Crippen LogP contribution in [0.25, 0.3) is 11.4 Å². The van der Waals surface area contributed by atoms with Gasteiger partial charge in [0.2, 0.25) is 17.6 Å². The first-order valence-corrected chi connectivity index (χ1v) is 8.10. The summed E-state index contributed by atoms with van der Waals surface area (Å²) in [5.74, 6) is -0.401. The molecule has 1 unspecified atom stereocenters. The fourth-order valence-electron chi connectivity index (χ4n) is 2.00. The molecule has 1 amide bonds. The van der Waals surface area contributed by atoms with E-state index in [1.54, 1.807) is 24.3 Å². The molecule has 0 spiro atoms. The maximum atomic E-state index is 11.7. The van der Waals surface area contributed by atoms with Gasteiger partial charge >= 0.3 is 5.97 Å². The summed E-state index contributed by atoms with van der Waals surface area (Å²) in [7, 11) is 0. The van der Waals surface area contributed by atoms with E-state index in [0.717, 1.165) is 18.2 Å². The number of carbonyl (C=O) groups is 2. The molecule has 0 fully saturated rings. The number of amides is 1. The number of carboxylic acid groups (broad SMARTS) is 1. The van der Waals surface area contributed by atoms with Gasteiger partial charge in [0.15, 0.2) is 5.60 Å². The smallest absolute Gasteiger partial charge is 0.337 e. The number of carbonyl (C=O) groups excluding carboxylic acids is 1. The minimum atomic E-state index is -2.01. The summed E-state index contributed by atoms with van der Waals surface area (Å²) in [6, 6.07) is 7.22. The number of aromatic nitrogens is 2. The van der Waals surface area contributed by atoms with Gasteiger partial charge in [-0.3, -0.25) is 4.79 Å². The van der Waals surface area contributed by atoms with Crippen LogP contribution in [0, 0.1) is 0 Å². The zero-order chi connectivity index (χ0) is 19.2. The number of aliphatic hydroxyl groups is 1. The standard InChI is InChI=1S/C17H21N3O6/c1-3-25-12-6-4-11(5-7-12)15-19-14(26-20-15)9-8-13(21)18-10-17(2,24)16(22)23/h4-7,24H,3,8-10H2,1-2H3,(H,18,21)(H,22,23). The molecule has 0 aliphatic carbocycles. The number of hydrogen-bond acceptors (Lipinski definition) is 7. The summed E-state index contributed by atoms with van der Waals surface area (Å²) in [5, 5.41) is 24.6. The third kappa shape index (κ3) is 5.28. The van der Waals surface area contributed by atoms with Crippen molar-refractivity contribution in [3.8, 4) is 17.1 Å². The molecule has 1 aromatic carbocycles. The van der Waals surface area contributed by atoms with E-state index in [-0.39, 0.29) is 25.3 Å². The molecular formula is C17H21N3O6. The van der Waals surface area contributed by atoms with Crippen LogP contribution in [0.1, 0.15) is 26.2 Å². The fourth-order valence-corrected chi connectivity index (χ4v) is 2.00. The lowest BCUT2D eigenvalue weighted by atomic mass is 10.1. The second kappa shape index (κ2) is 8.43. The van der Waals surface area contributed by atoms with E-state index in [1.807, 2.05) is 6.92 Å². The molecule has 140 valence electrons. The maximum Gasteiger partial charge on any atom is 0.337 e. The second-order valence-electron chi connectivity index (χ2n) is 5.82. The number of rotatable bonds is 9. The fraction of sp³-hybridized carbons (Fsp3) is 0.412. The molecule has 0 bridgehead atoms. The Morgan fingerprint density at radius 1 is 1.31 bits per heavy atom. The van der Waals surface area contributed by atoms with Crippen LogP contribution in [0.2, 0.25) is 0 Å². The van der Waals surface area contributed by atoms with Gasteiger partial charge in [0.05, 0.1) is 13.2 Å². The van der Waals surface area contributed by atoms with Crippen molar-refractivity contribution in [3.05, 3.63) is 30.2 Å². The van der Waals surface area contributed by atoms with Crippen molar-refractivity contribution >= 4 is 11.9 Å². The second-order valence-corrected chi connectivity index (χ2v) is 5.82. The van der Waals surface area contributed by atoms with E-state index in [4.69, 9.17) is 14.4 Å². The monoisotopic (exact) mass is 363 g/mol. The normalized spacial score (nSPS) is 13.0. The minimum Gasteiger partial charge on any atom is -0.494 e. The summed E-state index contributed by atoms with van der Waals surface area (Å²) in [4.78, 5) is 26.7. The Morgan fingerprint density at radius 3 is 2.62 bits per heavy atom. The molecule has 0 aliphatic rings. The third-order valence-electron chi connectivity index (χ3n) is 3.55. The first-order chi connectivity index (χ1) is 12.3. The highest BCUT2D eigenvalue weighted by Crippen LogP contribution is 2.20. The van der Waals surface area contributed by atoms with Gasteiger partial charge in [-0.2, -0.15) is 4.98 Å². The van der Waals surface area contributed by atoms with Gasteiger partial charge in [0.1, 0.15) is 5.75 Å². The maximum absolute atomic E-state index is 11.7. The number of nitrogens with zero attached hydrogens (tertiary/aromatic N) is 2. The van der Waals surface area contributed by atoms with Crippen molar-refractivity contribution in [2.45, 2.75) is 32.3 Å². The first kappa shape index (κ1) is 19.4. The van der Waals surface area contributed by atoms with Gasteiger partial charge in [-0.05, 0) is 38.1 Å². The molecule has 1 atom stereocenters. The third-order valence-corrected chi connectivity index (χ3v) is 3.55. The summed E-state index contributed by atoms with van der Waals surface area (Å²) in [6.45, 7) is 3.20. The Bertz CT molecular complexity index is 754. The van der Waals surface area contributed by atoms with Gasteiger partial charge in [-0.25, -0.2) is 4.79 Å². The molecule has 1 aromatic heterocycles. The van der Waals surface area contributed by atoms with E-state index in [9.17, 15) is 14.7 Å².